The molecule has 0 saturated carbocycles. The van der Waals surface area contributed by atoms with Crippen molar-refractivity contribution in [3.05, 3.63) is 71.3 Å². The van der Waals surface area contributed by atoms with Crippen molar-refractivity contribution in [3.63, 3.8) is 0 Å². The summed E-state index contributed by atoms with van der Waals surface area (Å²) in [5.41, 5.74) is 2.52. The number of carbonyl (C=O) groups is 1. The van der Waals surface area contributed by atoms with Gasteiger partial charge < -0.3 is 14.2 Å². The first-order valence-corrected chi connectivity index (χ1v) is 8.60. The molecule has 2 aliphatic rings. The van der Waals surface area contributed by atoms with Crippen LogP contribution in [0.2, 0.25) is 0 Å². The number of esters is 1. The third kappa shape index (κ3) is 2.78. The standard InChI is InChI=1S/C21H20O4/c1-2-23-21(22)19-18-15(12-24-17-11-7-6-10-16(17)18)13-25-20(19)14-8-4-3-5-9-14/h3-11,15,18H,2,12-13H2,1H3/t15-,18+/m0/s1. The third-order valence-electron chi connectivity index (χ3n) is 4.71. The summed E-state index contributed by atoms with van der Waals surface area (Å²) in [5.74, 6) is 1.17. The minimum absolute atomic E-state index is 0.0760. The van der Waals surface area contributed by atoms with Crippen LogP contribution in [-0.4, -0.2) is 25.8 Å². The van der Waals surface area contributed by atoms with E-state index >= 15 is 0 Å². The number of ether oxygens (including phenoxy) is 3. The summed E-state index contributed by atoms with van der Waals surface area (Å²) in [6.07, 6.45) is 0. The van der Waals surface area contributed by atoms with Crippen molar-refractivity contribution < 1.29 is 19.0 Å². The van der Waals surface area contributed by atoms with Crippen LogP contribution in [0.1, 0.15) is 24.0 Å². The lowest BCUT2D eigenvalue weighted by molar-refractivity contribution is -0.139. The monoisotopic (exact) mass is 336 g/mol. The number of hydrogen-bond acceptors (Lipinski definition) is 4. The minimum atomic E-state index is -0.312. The summed E-state index contributed by atoms with van der Waals surface area (Å²) in [6, 6.07) is 17.7. The Morgan fingerprint density at radius 2 is 1.76 bits per heavy atom. The van der Waals surface area contributed by atoms with Gasteiger partial charge in [0.2, 0.25) is 0 Å². The van der Waals surface area contributed by atoms with Crippen molar-refractivity contribution in [2.75, 3.05) is 19.8 Å². The molecule has 2 aromatic carbocycles. The highest BCUT2D eigenvalue weighted by atomic mass is 16.5. The SMILES string of the molecule is CCOC(=O)C1=C(c2ccccc2)OC[C@@H]2COc3ccccc3[C@H]12. The normalized spacial score (nSPS) is 21.5. The molecule has 0 N–H and O–H groups in total. The molecule has 2 aliphatic heterocycles. The molecule has 128 valence electrons. The van der Waals surface area contributed by atoms with E-state index in [2.05, 4.69) is 0 Å². The molecular weight excluding hydrogens is 316 g/mol. The smallest absolute Gasteiger partial charge is 0.338 e. The summed E-state index contributed by atoms with van der Waals surface area (Å²) >= 11 is 0. The molecule has 0 bridgehead atoms. The number of carbonyl (C=O) groups excluding carboxylic acids is 1. The molecule has 2 heterocycles. The molecule has 2 atom stereocenters. The van der Waals surface area contributed by atoms with E-state index in [9.17, 15) is 4.79 Å². The van der Waals surface area contributed by atoms with Crippen LogP contribution < -0.4 is 4.74 Å². The summed E-state index contributed by atoms with van der Waals surface area (Å²) in [4.78, 5) is 12.8. The third-order valence-corrected chi connectivity index (χ3v) is 4.71. The molecule has 0 unspecified atom stereocenters. The fourth-order valence-electron chi connectivity index (χ4n) is 3.62. The lowest BCUT2D eigenvalue weighted by Crippen LogP contribution is -2.36. The fraction of sp³-hybridized carbons (Fsp3) is 0.286. The fourth-order valence-corrected chi connectivity index (χ4v) is 3.62. The topological polar surface area (TPSA) is 44.8 Å². The van der Waals surface area contributed by atoms with Gasteiger partial charge in [-0.15, -0.1) is 0 Å². The lowest BCUT2D eigenvalue weighted by atomic mass is 9.76. The van der Waals surface area contributed by atoms with Crippen LogP contribution in [0.4, 0.5) is 0 Å². The number of para-hydroxylation sites is 1. The maximum Gasteiger partial charge on any atom is 0.338 e. The highest BCUT2D eigenvalue weighted by Crippen LogP contribution is 2.47. The van der Waals surface area contributed by atoms with Gasteiger partial charge in [-0.1, -0.05) is 48.5 Å². The first-order valence-electron chi connectivity index (χ1n) is 8.60. The molecule has 0 fully saturated rings. The second-order valence-corrected chi connectivity index (χ2v) is 6.23. The van der Waals surface area contributed by atoms with E-state index in [1.165, 1.54) is 0 Å². The molecule has 0 spiro atoms. The van der Waals surface area contributed by atoms with E-state index in [-0.39, 0.29) is 17.8 Å². The zero-order valence-corrected chi connectivity index (χ0v) is 14.1. The molecule has 25 heavy (non-hydrogen) atoms. The molecule has 4 heteroatoms. The van der Waals surface area contributed by atoms with E-state index in [0.717, 1.165) is 16.9 Å². The Bertz CT molecular complexity index is 810. The molecule has 4 rings (SSSR count). The van der Waals surface area contributed by atoms with E-state index < -0.39 is 0 Å². The van der Waals surface area contributed by atoms with Gasteiger partial charge in [-0.05, 0) is 13.0 Å². The Hall–Kier alpha value is -2.75. The van der Waals surface area contributed by atoms with Crippen LogP contribution >= 0.6 is 0 Å². The molecule has 0 aromatic heterocycles. The van der Waals surface area contributed by atoms with Gasteiger partial charge in [0.05, 0.1) is 25.4 Å². The van der Waals surface area contributed by atoms with Crippen molar-refractivity contribution in [3.8, 4) is 5.75 Å². The highest BCUT2D eigenvalue weighted by Gasteiger charge is 2.42. The molecule has 0 amide bonds. The Kier molecular flexibility index (Phi) is 4.18. The van der Waals surface area contributed by atoms with Crippen LogP contribution in [0.3, 0.4) is 0 Å². The predicted molar refractivity (Wildman–Crippen MR) is 94.1 cm³/mol. The Morgan fingerprint density at radius 3 is 2.56 bits per heavy atom. The summed E-state index contributed by atoms with van der Waals surface area (Å²) in [6.45, 7) is 3.21. The predicted octanol–water partition coefficient (Wildman–Crippen LogP) is 3.78. The van der Waals surface area contributed by atoms with Gasteiger partial charge >= 0.3 is 5.97 Å². The van der Waals surface area contributed by atoms with Crippen molar-refractivity contribution >= 4 is 11.7 Å². The van der Waals surface area contributed by atoms with E-state index in [0.29, 0.717) is 31.2 Å². The molecular formula is C21H20O4. The van der Waals surface area contributed by atoms with Crippen molar-refractivity contribution in [2.45, 2.75) is 12.8 Å². The largest absolute Gasteiger partial charge is 0.493 e. The number of benzene rings is 2. The van der Waals surface area contributed by atoms with Gasteiger partial charge in [-0.2, -0.15) is 0 Å². The Balaban J connectivity index is 1.90. The second-order valence-electron chi connectivity index (χ2n) is 6.23. The van der Waals surface area contributed by atoms with Crippen LogP contribution in [0.5, 0.6) is 5.75 Å². The van der Waals surface area contributed by atoms with Gasteiger partial charge in [-0.3, -0.25) is 0 Å². The number of hydrogen-bond donors (Lipinski definition) is 0. The van der Waals surface area contributed by atoms with Crippen molar-refractivity contribution in [1.29, 1.82) is 0 Å². The second kappa shape index (κ2) is 6.63. The van der Waals surface area contributed by atoms with Gasteiger partial charge in [0.1, 0.15) is 11.5 Å². The zero-order chi connectivity index (χ0) is 17.2. The van der Waals surface area contributed by atoms with Gasteiger partial charge in [0.25, 0.3) is 0 Å². The first kappa shape index (κ1) is 15.8. The van der Waals surface area contributed by atoms with Gasteiger partial charge in [0.15, 0.2) is 0 Å². The van der Waals surface area contributed by atoms with Crippen LogP contribution in [0.25, 0.3) is 5.76 Å². The lowest BCUT2D eigenvalue weighted by Gasteiger charge is -2.38. The van der Waals surface area contributed by atoms with E-state index in [1.807, 2.05) is 61.5 Å². The Labute approximate surface area is 147 Å². The highest BCUT2D eigenvalue weighted by molar-refractivity contribution is 5.98. The summed E-state index contributed by atoms with van der Waals surface area (Å²) < 4.78 is 17.3. The molecule has 4 nitrogen and oxygen atoms in total. The van der Waals surface area contributed by atoms with E-state index in [1.54, 1.807) is 0 Å². The minimum Gasteiger partial charge on any atom is -0.493 e. The van der Waals surface area contributed by atoms with Crippen molar-refractivity contribution in [1.82, 2.24) is 0 Å². The van der Waals surface area contributed by atoms with Crippen LogP contribution in [-0.2, 0) is 14.3 Å². The Morgan fingerprint density at radius 1 is 1.04 bits per heavy atom. The van der Waals surface area contributed by atoms with Crippen molar-refractivity contribution in [2.24, 2.45) is 5.92 Å². The maximum absolute atomic E-state index is 12.8. The zero-order valence-electron chi connectivity index (χ0n) is 14.1. The average molecular weight is 336 g/mol. The van der Waals surface area contributed by atoms with Gasteiger partial charge in [-0.25, -0.2) is 4.79 Å². The molecule has 0 radical (unpaired) electrons. The maximum atomic E-state index is 12.8. The summed E-state index contributed by atoms with van der Waals surface area (Å²) in [7, 11) is 0. The van der Waals surface area contributed by atoms with E-state index in [4.69, 9.17) is 14.2 Å². The van der Waals surface area contributed by atoms with Gasteiger partial charge in [0, 0.05) is 23.0 Å². The van der Waals surface area contributed by atoms with Crippen LogP contribution in [0.15, 0.2) is 60.2 Å². The molecule has 2 aromatic rings. The number of rotatable bonds is 3. The number of fused-ring (bicyclic) bond motifs is 3. The van der Waals surface area contributed by atoms with Crippen LogP contribution in [0, 0.1) is 5.92 Å². The quantitative estimate of drug-likeness (QED) is 0.800. The first-order chi connectivity index (χ1) is 12.3. The summed E-state index contributed by atoms with van der Waals surface area (Å²) in [5, 5.41) is 0. The molecule has 0 aliphatic carbocycles. The molecule has 0 saturated heterocycles. The average Bonchev–Trinajstić information content (AvgIpc) is 2.67.